The quantitative estimate of drug-likeness (QED) is 0.278. The molecule has 5 aromatic rings. The lowest BCUT2D eigenvalue weighted by Crippen LogP contribution is -2.11. The molecule has 0 saturated carbocycles. The van der Waals surface area contributed by atoms with Crippen LogP contribution in [0.25, 0.3) is 49.7 Å². The summed E-state index contributed by atoms with van der Waals surface area (Å²) in [7, 11) is 0. The molecule has 0 aliphatic rings. The van der Waals surface area contributed by atoms with Crippen molar-refractivity contribution >= 4 is 38.4 Å². The van der Waals surface area contributed by atoms with Gasteiger partial charge in [0.15, 0.2) is 0 Å². The molecule has 30 heavy (non-hydrogen) atoms. The van der Waals surface area contributed by atoms with E-state index in [9.17, 15) is 0 Å². The topological polar surface area (TPSA) is 12.9 Å². The minimum Gasteiger partial charge on any atom is -0.256 e. The Kier molecular flexibility index (Phi) is 4.22. The highest BCUT2D eigenvalue weighted by atomic mass is 14.7. The van der Waals surface area contributed by atoms with Crippen LogP contribution in [0.2, 0.25) is 0 Å². The summed E-state index contributed by atoms with van der Waals surface area (Å²) in [6.07, 6.45) is 3.87. The fraction of sp³-hybridized carbons (Fsp3) is 0.138. The maximum atomic E-state index is 4.73. The Morgan fingerprint density at radius 1 is 0.700 bits per heavy atom. The van der Waals surface area contributed by atoms with Gasteiger partial charge in [0.2, 0.25) is 0 Å². The third-order valence-corrected chi connectivity index (χ3v) is 6.04. The van der Waals surface area contributed by atoms with E-state index in [-0.39, 0.29) is 5.41 Å². The smallest absolute Gasteiger partial charge is 0.0711 e. The largest absolute Gasteiger partial charge is 0.256 e. The third kappa shape index (κ3) is 2.90. The highest BCUT2D eigenvalue weighted by molar-refractivity contribution is 6.26. The second-order valence-electron chi connectivity index (χ2n) is 8.96. The van der Waals surface area contributed by atoms with Crippen molar-refractivity contribution in [2.24, 2.45) is 0 Å². The van der Waals surface area contributed by atoms with E-state index in [1.54, 1.807) is 0 Å². The predicted octanol–water partition coefficient (Wildman–Crippen LogP) is 8.15. The normalized spacial score (nSPS) is 12.0. The number of benzene rings is 4. The van der Waals surface area contributed by atoms with Crippen molar-refractivity contribution in [3.63, 3.8) is 0 Å². The van der Waals surface area contributed by atoms with Crippen LogP contribution < -0.4 is 0 Å². The van der Waals surface area contributed by atoms with Crippen molar-refractivity contribution in [3.05, 3.63) is 96.7 Å². The van der Waals surface area contributed by atoms with E-state index in [0.717, 1.165) is 16.8 Å². The van der Waals surface area contributed by atoms with Crippen molar-refractivity contribution in [3.8, 4) is 11.3 Å². The van der Waals surface area contributed by atoms with Gasteiger partial charge in [-0.05, 0) is 73.1 Å². The Balaban J connectivity index is 1.91. The number of rotatable bonds is 2. The van der Waals surface area contributed by atoms with Gasteiger partial charge in [-0.25, -0.2) is 0 Å². The first-order valence-corrected chi connectivity index (χ1v) is 10.4. The summed E-state index contributed by atoms with van der Waals surface area (Å²) in [6.45, 7) is 10.8. The first-order valence-electron chi connectivity index (χ1n) is 10.4. The Bertz CT molecular complexity index is 1430. The second-order valence-corrected chi connectivity index (χ2v) is 8.96. The fourth-order valence-corrected chi connectivity index (χ4v) is 4.40. The molecule has 0 N–H and O–H groups in total. The highest BCUT2D eigenvalue weighted by Gasteiger charge is 2.17. The van der Waals surface area contributed by atoms with Gasteiger partial charge in [0.05, 0.1) is 5.69 Å². The third-order valence-electron chi connectivity index (χ3n) is 6.04. The zero-order valence-electron chi connectivity index (χ0n) is 17.7. The van der Waals surface area contributed by atoms with Gasteiger partial charge in [0, 0.05) is 11.8 Å². The molecule has 1 heteroatoms. The lowest BCUT2D eigenvalue weighted by molar-refractivity contribution is 0.589. The standard InChI is InChI=1S/C29H25N/c1-5-19-16-26-23-12-8-6-10-21(23)22-11-7-9-13-24(22)27(26)18-25(19)28-17-20(14-15-30-28)29(2,3)4/h5-18H,1H2,2-4H3. The van der Waals surface area contributed by atoms with Crippen LogP contribution in [0.3, 0.4) is 0 Å². The average molecular weight is 388 g/mol. The van der Waals surface area contributed by atoms with Crippen LogP contribution in [-0.2, 0) is 5.41 Å². The zero-order chi connectivity index (χ0) is 20.9. The average Bonchev–Trinajstić information content (AvgIpc) is 2.78. The highest BCUT2D eigenvalue weighted by Crippen LogP contribution is 2.39. The molecule has 1 heterocycles. The molecule has 0 amide bonds. The minimum absolute atomic E-state index is 0.0752. The van der Waals surface area contributed by atoms with Crippen molar-refractivity contribution in [2.45, 2.75) is 26.2 Å². The van der Waals surface area contributed by atoms with E-state index in [2.05, 4.69) is 100 Å². The molecule has 1 nitrogen and oxygen atoms in total. The summed E-state index contributed by atoms with van der Waals surface area (Å²) in [5.41, 5.74) is 4.60. The second kappa shape index (κ2) is 6.81. The van der Waals surface area contributed by atoms with E-state index in [1.165, 1.54) is 37.9 Å². The van der Waals surface area contributed by atoms with Gasteiger partial charge in [0.25, 0.3) is 0 Å². The van der Waals surface area contributed by atoms with E-state index >= 15 is 0 Å². The molecule has 146 valence electrons. The van der Waals surface area contributed by atoms with Crippen LogP contribution >= 0.6 is 0 Å². The predicted molar refractivity (Wildman–Crippen MR) is 131 cm³/mol. The molecule has 1 aromatic heterocycles. The SMILES string of the molecule is C=Cc1cc2c3ccccc3c3ccccc3c2cc1-c1cc(C(C)(C)C)ccn1. The maximum Gasteiger partial charge on any atom is 0.0711 e. The van der Waals surface area contributed by atoms with Crippen LogP contribution in [-0.4, -0.2) is 4.98 Å². The Hall–Kier alpha value is -3.45. The number of pyridine rings is 1. The van der Waals surface area contributed by atoms with Gasteiger partial charge >= 0.3 is 0 Å². The van der Waals surface area contributed by atoms with Gasteiger partial charge in [-0.15, -0.1) is 0 Å². The van der Waals surface area contributed by atoms with Gasteiger partial charge in [0.1, 0.15) is 0 Å². The summed E-state index contributed by atoms with van der Waals surface area (Å²) < 4.78 is 0. The van der Waals surface area contributed by atoms with Crippen molar-refractivity contribution in [2.75, 3.05) is 0 Å². The number of aromatic nitrogens is 1. The summed E-state index contributed by atoms with van der Waals surface area (Å²) >= 11 is 0. The molecule has 0 saturated heterocycles. The lowest BCUT2D eigenvalue weighted by Gasteiger charge is -2.20. The van der Waals surface area contributed by atoms with Crippen LogP contribution in [0.15, 0.2) is 85.6 Å². The molecular weight excluding hydrogens is 362 g/mol. The van der Waals surface area contributed by atoms with E-state index in [4.69, 9.17) is 4.98 Å². The first-order chi connectivity index (χ1) is 14.5. The van der Waals surface area contributed by atoms with Gasteiger partial charge in [-0.1, -0.05) is 82.0 Å². The zero-order valence-corrected chi connectivity index (χ0v) is 17.7. The van der Waals surface area contributed by atoms with E-state index < -0.39 is 0 Å². The molecule has 0 fully saturated rings. The van der Waals surface area contributed by atoms with Crippen LogP contribution in [0.5, 0.6) is 0 Å². The minimum atomic E-state index is 0.0752. The molecule has 0 bridgehead atoms. The molecular formula is C29H25N. The summed E-state index contributed by atoms with van der Waals surface area (Å²) in [5.74, 6) is 0. The number of hydrogen-bond acceptors (Lipinski definition) is 1. The van der Waals surface area contributed by atoms with Crippen LogP contribution in [0.1, 0.15) is 31.9 Å². The number of fused-ring (bicyclic) bond motifs is 6. The summed E-state index contributed by atoms with van der Waals surface area (Å²) in [6, 6.07) is 26.3. The molecule has 0 atom stereocenters. The molecule has 0 spiro atoms. The monoisotopic (exact) mass is 387 g/mol. The molecule has 0 aliphatic heterocycles. The Morgan fingerprint density at radius 2 is 1.23 bits per heavy atom. The van der Waals surface area contributed by atoms with Gasteiger partial charge < -0.3 is 0 Å². The maximum absolute atomic E-state index is 4.73. The Labute approximate surface area is 177 Å². The molecule has 0 radical (unpaired) electrons. The van der Waals surface area contributed by atoms with Gasteiger partial charge in [-0.2, -0.15) is 0 Å². The number of nitrogens with zero attached hydrogens (tertiary/aromatic N) is 1. The number of hydrogen-bond donors (Lipinski definition) is 0. The fourth-order valence-electron chi connectivity index (χ4n) is 4.40. The molecule has 4 aromatic carbocycles. The van der Waals surface area contributed by atoms with Crippen LogP contribution in [0, 0.1) is 0 Å². The molecule has 0 unspecified atom stereocenters. The molecule has 0 aliphatic carbocycles. The van der Waals surface area contributed by atoms with Crippen molar-refractivity contribution < 1.29 is 0 Å². The Morgan fingerprint density at radius 3 is 1.77 bits per heavy atom. The summed E-state index contributed by atoms with van der Waals surface area (Å²) in [4.78, 5) is 4.73. The summed E-state index contributed by atoms with van der Waals surface area (Å²) in [5, 5.41) is 7.64. The van der Waals surface area contributed by atoms with Crippen LogP contribution in [0.4, 0.5) is 0 Å². The van der Waals surface area contributed by atoms with E-state index in [1.807, 2.05) is 12.3 Å². The first kappa shape index (κ1) is 18.6. The van der Waals surface area contributed by atoms with Crippen molar-refractivity contribution in [1.82, 2.24) is 4.98 Å². The van der Waals surface area contributed by atoms with E-state index in [0.29, 0.717) is 0 Å². The molecule has 5 rings (SSSR count). The van der Waals surface area contributed by atoms with Crippen molar-refractivity contribution in [1.29, 1.82) is 0 Å². The van der Waals surface area contributed by atoms with Gasteiger partial charge in [-0.3, -0.25) is 4.98 Å². The lowest BCUT2D eigenvalue weighted by atomic mass is 9.86.